The Bertz CT molecular complexity index is 4490. The maximum Gasteiger partial charge on any atom is 1.00 e. The summed E-state index contributed by atoms with van der Waals surface area (Å²) >= 11 is 27.1. The fourth-order valence-electron chi connectivity index (χ4n) is 18.5. The zero-order valence-electron chi connectivity index (χ0n) is 65.2. The smallest absolute Gasteiger partial charge is 0.851 e. The van der Waals surface area contributed by atoms with Crippen LogP contribution in [0.1, 0.15) is 177 Å². The maximum absolute atomic E-state index is 14.2. The van der Waals surface area contributed by atoms with E-state index in [2.05, 4.69) is 26.5 Å². The molecule has 36 heteroatoms. The summed E-state index contributed by atoms with van der Waals surface area (Å²) in [6.07, 6.45) is 22.0. The average Bonchev–Trinajstić information content (AvgIpc) is 1.50. The van der Waals surface area contributed by atoms with Gasteiger partial charge in [-0.2, -0.15) is 0 Å². The fraction of sp³-hybridized carbons (Fsp3) is 0.381. The van der Waals surface area contributed by atoms with Crippen LogP contribution in [-0.2, 0) is 49.7 Å². The largest absolute Gasteiger partial charge is 1.00 e. The number of hydrogen-bond donors (Lipinski definition) is 1. The number of halogens is 4. The normalized spacial score (nSPS) is 29.4. The van der Waals surface area contributed by atoms with E-state index >= 15 is 0 Å². The summed E-state index contributed by atoms with van der Waals surface area (Å²) in [5, 5.41) is 85.1. The first-order valence-electron chi connectivity index (χ1n) is 36.6. The molecule has 0 aliphatic heterocycles. The molecule has 0 radical (unpaired) electrons. The molecule has 2 unspecified atom stereocenters. The Morgan fingerprint density at radius 2 is 0.692 bits per heavy atom. The Balaban J connectivity index is 0.000000212. The van der Waals surface area contributed by atoms with Gasteiger partial charge in [0.05, 0.1) is 72.8 Å². The molecule has 8 aromatic rings. The number of carbonyl (C=O) groups excluding carboxylic acids is 12. The molecule has 16 atom stereocenters. The number of carboxylic acid groups (broad SMARTS) is 6. The van der Waals surface area contributed by atoms with Crippen LogP contribution in [0.15, 0.2) is 230 Å². The van der Waals surface area contributed by atoms with Gasteiger partial charge in [0.2, 0.25) is 11.5 Å². The minimum absolute atomic E-state index is 0. The van der Waals surface area contributed by atoms with Crippen molar-refractivity contribution >= 4 is 117 Å². The van der Waals surface area contributed by atoms with Gasteiger partial charge in [0.1, 0.15) is 70.4 Å². The van der Waals surface area contributed by atoms with Crippen molar-refractivity contribution in [2.75, 3.05) is 11.8 Å². The molecule has 30 nitrogen and oxygen atoms in total. The number of carbonyl (C=O) groups is 12. The van der Waals surface area contributed by atoms with E-state index in [-0.39, 0.29) is 174 Å². The summed E-state index contributed by atoms with van der Waals surface area (Å²) in [6.45, 7) is 11.5. The van der Waals surface area contributed by atoms with Crippen LogP contribution < -0.4 is 65.3 Å². The van der Waals surface area contributed by atoms with Gasteiger partial charge in [-0.1, -0.05) is 71.3 Å². The average molecular weight is 1830 g/mol. The van der Waals surface area contributed by atoms with Gasteiger partial charge in [-0.15, -0.1) is 52.5 Å². The summed E-state index contributed by atoms with van der Waals surface area (Å²) in [4.78, 5) is 134. The van der Waals surface area contributed by atoms with E-state index in [9.17, 15) is 98.4 Å². The van der Waals surface area contributed by atoms with Gasteiger partial charge in [-0.25, -0.2) is 9.59 Å². The molecule has 0 amide bonds. The molecular weight excluding hydrogens is 1750 g/mol. The van der Waals surface area contributed by atoms with Crippen LogP contribution in [0.5, 0.6) is 0 Å². The molecule has 6 fully saturated rings. The molecule has 8 aliphatic rings. The molecule has 1 N–H and O–H groups in total. The van der Waals surface area contributed by atoms with Gasteiger partial charge >= 0.3 is 41.5 Å². The minimum atomic E-state index is -1.57. The van der Waals surface area contributed by atoms with Crippen molar-refractivity contribution in [3.05, 3.63) is 241 Å². The number of aromatic carboxylic acids is 6. The number of aliphatic hydroxyl groups is 1. The predicted molar refractivity (Wildman–Crippen MR) is 396 cm³/mol. The van der Waals surface area contributed by atoms with Crippen LogP contribution >= 0.6 is 46.4 Å². The van der Waals surface area contributed by atoms with E-state index in [1.54, 1.807) is 30.4 Å². The Kier molecular flexibility index (Phi) is 32.8. The third-order valence-corrected chi connectivity index (χ3v) is 26.0. The first-order valence-corrected chi connectivity index (χ1v) is 38.4. The Morgan fingerprint density at radius 3 is 0.942 bits per heavy atom. The predicted octanol–water partition coefficient (Wildman–Crippen LogP) is 3.97. The van der Waals surface area contributed by atoms with Gasteiger partial charge in [-0.3, -0.25) is 19.2 Å². The number of alkyl halides is 4. The van der Waals surface area contributed by atoms with Crippen LogP contribution in [0.2, 0.25) is 0 Å². The van der Waals surface area contributed by atoms with Crippen LogP contribution in [0, 0.1) is 57.2 Å². The summed E-state index contributed by atoms with van der Waals surface area (Å²) in [5.41, 5.74) is -4.61. The number of carboxylic acids is 6. The van der Waals surface area contributed by atoms with E-state index in [0.717, 1.165) is 11.1 Å². The van der Waals surface area contributed by atoms with Crippen molar-refractivity contribution < 1.29 is 194 Å². The van der Waals surface area contributed by atoms with Crippen molar-refractivity contribution in [2.45, 2.75) is 126 Å². The molecule has 8 aromatic heterocycles. The Morgan fingerprint density at radius 1 is 0.433 bits per heavy atom. The zero-order valence-corrected chi connectivity index (χ0v) is 72.2. The SMILES string of the molecule is C[C@@H]1C[C@H]2[C@@H]3CCC4=CC(=O)C=C[C@]4(C)C3(Cl)[C@@H](O)C[C@]2(C)[C@@]1(OC(=O)c1ccco1)C(=O)CCl.C[C@@H]1C[C@H]2[C@@H]3CCC4=CC(=O)C=C[C@]4(C)C3(Cl)[C@@H]([O-])C[C@]2(C)[C@@]1(OC(=O)c1ccco1)C(=O)CCl.O=C([O-])c1ccco1.O=C([O-])c1ccco1.O=C([O-])c1ccco1.O=C([O-])c1ccco1.O=C([O-])c1ccco1.O=C([O-])c1ccco1.[Mo].[Na+]. The number of ketones is 4. The van der Waals surface area contributed by atoms with Crippen molar-refractivity contribution in [3.8, 4) is 0 Å². The fourth-order valence-corrected chi connectivity index (χ4v) is 20.0. The van der Waals surface area contributed by atoms with Crippen LogP contribution in [-0.4, -0.2) is 121 Å². The quantitative estimate of drug-likeness (QED) is 0.0914. The van der Waals surface area contributed by atoms with Gasteiger partial charge < -0.3 is 114 Å². The van der Waals surface area contributed by atoms with E-state index < -0.39 is 108 Å². The van der Waals surface area contributed by atoms with E-state index in [1.165, 1.54) is 147 Å². The molecule has 120 heavy (non-hydrogen) atoms. The molecule has 0 aromatic carbocycles. The zero-order chi connectivity index (χ0) is 86.7. The van der Waals surface area contributed by atoms with Crippen molar-refractivity contribution in [1.82, 2.24) is 0 Å². The second-order valence-electron chi connectivity index (χ2n) is 29.7. The Hall–Kier alpha value is -9.59. The van der Waals surface area contributed by atoms with Crippen LogP contribution in [0.3, 0.4) is 0 Å². The summed E-state index contributed by atoms with van der Waals surface area (Å²) in [7, 11) is 0. The van der Waals surface area contributed by atoms with Crippen molar-refractivity contribution in [3.63, 3.8) is 0 Å². The molecular formula is C84H77Cl4MoNaO30-6. The second-order valence-corrected chi connectivity index (χ2v) is 31.5. The summed E-state index contributed by atoms with van der Waals surface area (Å²) < 4.78 is 49.2. The van der Waals surface area contributed by atoms with Gasteiger partial charge in [0.15, 0.2) is 34.3 Å². The third-order valence-electron chi connectivity index (χ3n) is 23.7. The minimum Gasteiger partial charge on any atom is -0.851 e. The molecule has 8 aliphatic carbocycles. The number of hydrogen-bond acceptors (Lipinski definition) is 30. The Labute approximate surface area is 741 Å². The number of Topliss-reactive ketones (excluding diaryl/α,β-unsaturated/α-hetero) is 2. The van der Waals surface area contributed by atoms with Crippen LogP contribution in [0.25, 0.3) is 0 Å². The number of fused-ring (bicyclic) bond motifs is 10. The molecule has 16 rings (SSSR count). The van der Waals surface area contributed by atoms with Gasteiger partial charge in [0.25, 0.3) is 0 Å². The first-order chi connectivity index (χ1) is 55.7. The molecule has 0 spiro atoms. The number of esters is 2. The van der Waals surface area contributed by atoms with Gasteiger partial charge in [0, 0.05) is 59.4 Å². The standard InChI is InChI=1S/C27H30Cl2O6.C27H29Cl2O6.6C5H4O3.Mo.Na/c2*1-15-11-19-18-7-6-16-12-17(30)8-9-24(16,2)26(18,29)21(31)13-25(19,3)27(15,22(32)14-28)35-23(33)20-5-4-10-34-20;6*6-5(7)4-2-1-3-8-4;;/h4-5,8-10,12,15,18-19,21,31H,6-7,11,13-14H2,1-3H3;4-5,8-10,12,15,18-19,21H,6-7,11,13-14H2,1-3H3;6*1-3H,(H,6,7);;/q;-1;;;;;;;;+1/p-6/t2*15-,18+,19+,21+,24+,25+,26?,27+;;;;;;;;/m11......../s1. The van der Waals surface area contributed by atoms with Gasteiger partial charge in [-0.05, 0) is 190 Å². The number of aliphatic hydroxyl groups excluding tert-OH is 1. The number of furan rings is 8. The van der Waals surface area contributed by atoms with Crippen molar-refractivity contribution in [2.24, 2.45) is 57.2 Å². The third kappa shape index (κ3) is 19.0. The van der Waals surface area contributed by atoms with E-state index in [4.69, 9.17) is 64.7 Å². The van der Waals surface area contributed by atoms with Crippen LogP contribution in [0.4, 0.5) is 0 Å². The van der Waals surface area contributed by atoms with Crippen molar-refractivity contribution in [1.29, 1.82) is 0 Å². The summed E-state index contributed by atoms with van der Waals surface area (Å²) in [5.74, 6) is -13.0. The maximum atomic E-state index is 14.2. The number of ether oxygens (including phenoxy) is 2. The first kappa shape index (κ1) is 97.5. The molecule has 0 saturated heterocycles. The second kappa shape index (κ2) is 40.4. The summed E-state index contributed by atoms with van der Waals surface area (Å²) in [6, 6.07) is 23.0. The number of rotatable bonds is 14. The molecule has 634 valence electrons. The molecule has 0 bridgehead atoms. The monoisotopic (exact) mass is 1830 g/mol. The van der Waals surface area contributed by atoms with E-state index in [1.807, 2.05) is 47.6 Å². The molecule has 6 saturated carbocycles. The topological polar surface area (TPSA) is 510 Å². The van der Waals surface area contributed by atoms with E-state index in [0.29, 0.717) is 38.5 Å². The molecule has 8 heterocycles. The number of allylic oxidation sites excluding steroid dienone is 8.